The lowest BCUT2D eigenvalue weighted by atomic mass is 9.76. The maximum Gasteiger partial charge on any atom is 0.257 e. The first-order valence-electron chi connectivity index (χ1n) is 17.4. The summed E-state index contributed by atoms with van der Waals surface area (Å²) in [6, 6.07) is 40.9. The molecule has 0 fully saturated rings. The first-order valence-corrected chi connectivity index (χ1v) is 17.4. The minimum absolute atomic E-state index is 0.121. The molecule has 3 aromatic heterocycles. The molecule has 0 unspecified atom stereocenters. The Balaban J connectivity index is 1.28. The summed E-state index contributed by atoms with van der Waals surface area (Å²) in [5.41, 5.74) is 8.40. The summed E-state index contributed by atoms with van der Waals surface area (Å²) in [5, 5.41) is 3.55. The van der Waals surface area contributed by atoms with Crippen LogP contribution < -0.4 is 10.1 Å². The topological polar surface area (TPSA) is 85.2 Å². The van der Waals surface area contributed by atoms with Gasteiger partial charge in [0.2, 0.25) is 0 Å². The molecule has 1 aliphatic heterocycles. The summed E-state index contributed by atoms with van der Waals surface area (Å²) >= 11 is 0. The Morgan fingerprint density at radius 2 is 1.45 bits per heavy atom. The third-order valence-corrected chi connectivity index (χ3v) is 9.90. The quantitative estimate of drug-likeness (QED) is 0.144. The van der Waals surface area contributed by atoms with E-state index in [1.165, 1.54) is 6.20 Å². The smallest absolute Gasteiger partial charge is 0.257 e. The van der Waals surface area contributed by atoms with E-state index in [-0.39, 0.29) is 11.7 Å². The molecule has 4 heterocycles. The highest BCUT2D eigenvalue weighted by Crippen LogP contribution is 2.46. The Morgan fingerprint density at radius 1 is 0.811 bits per heavy atom. The van der Waals surface area contributed by atoms with E-state index in [4.69, 9.17) is 14.7 Å². The average molecular weight is 701 g/mol. The zero-order valence-corrected chi connectivity index (χ0v) is 29.6. The predicted molar refractivity (Wildman–Crippen MR) is 204 cm³/mol. The number of rotatable bonds is 10. The highest BCUT2D eigenvalue weighted by molar-refractivity contribution is 6.03. The number of benzene rings is 4. The standard InChI is InChI=1S/C44H37FN6O2/c1-29-22-33(47-25-36(29)45)23-34-24-38(41-39(48-34)27-50(2)43(41)52)49-37-21-13-20-35(42(37)53-3)40-26-46-28-51(40)44(30-14-7-4-8-15-30,31-16-9-5-10-17-31)32-18-11-6-12-19-32/h4-22,24-26,28H,23,27H2,1-3H3,(H,48,49). The van der Waals surface area contributed by atoms with Gasteiger partial charge in [-0.3, -0.25) is 14.8 Å². The Labute approximate surface area is 307 Å². The van der Waals surface area contributed by atoms with Crippen LogP contribution in [0.3, 0.4) is 0 Å². The molecule has 9 heteroatoms. The monoisotopic (exact) mass is 700 g/mol. The molecular weight excluding hydrogens is 664 g/mol. The fourth-order valence-corrected chi connectivity index (χ4v) is 7.48. The van der Waals surface area contributed by atoms with Gasteiger partial charge in [-0.05, 0) is 53.4 Å². The number of fused-ring (bicyclic) bond motifs is 1. The van der Waals surface area contributed by atoms with Crippen molar-refractivity contribution in [3.05, 3.63) is 191 Å². The minimum atomic E-state index is -0.797. The molecule has 7 aromatic rings. The van der Waals surface area contributed by atoms with Gasteiger partial charge in [-0.15, -0.1) is 0 Å². The molecule has 0 radical (unpaired) electrons. The Kier molecular flexibility index (Phi) is 8.76. The number of carbonyl (C=O) groups excluding carboxylic acids is 1. The van der Waals surface area contributed by atoms with E-state index in [9.17, 15) is 9.18 Å². The van der Waals surface area contributed by atoms with Crippen LogP contribution in [0.5, 0.6) is 5.75 Å². The largest absolute Gasteiger partial charge is 0.494 e. The van der Waals surface area contributed by atoms with Gasteiger partial charge in [0, 0.05) is 30.4 Å². The summed E-state index contributed by atoms with van der Waals surface area (Å²) in [7, 11) is 3.41. The van der Waals surface area contributed by atoms with Gasteiger partial charge in [0.25, 0.3) is 5.91 Å². The van der Waals surface area contributed by atoms with Gasteiger partial charge in [-0.1, -0.05) is 97.1 Å². The van der Waals surface area contributed by atoms with Crippen LogP contribution in [0, 0.1) is 12.7 Å². The first kappa shape index (κ1) is 33.5. The van der Waals surface area contributed by atoms with Crippen molar-refractivity contribution in [1.29, 1.82) is 0 Å². The van der Waals surface area contributed by atoms with Crippen molar-refractivity contribution in [2.45, 2.75) is 25.4 Å². The number of ether oxygens (including phenoxy) is 1. The molecule has 4 aromatic carbocycles. The molecule has 262 valence electrons. The zero-order valence-electron chi connectivity index (χ0n) is 29.6. The van der Waals surface area contributed by atoms with Gasteiger partial charge < -0.3 is 19.5 Å². The predicted octanol–water partition coefficient (Wildman–Crippen LogP) is 8.56. The number of halogens is 1. The second-order valence-electron chi connectivity index (χ2n) is 13.2. The second-order valence-corrected chi connectivity index (χ2v) is 13.2. The summed E-state index contributed by atoms with van der Waals surface area (Å²) in [6.45, 7) is 2.09. The van der Waals surface area contributed by atoms with Gasteiger partial charge in [0.1, 0.15) is 11.4 Å². The minimum Gasteiger partial charge on any atom is -0.494 e. The average Bonchev–Trinajstić information content (AvgIpc) is 3.78. The van der Waals surface area contributed by atoms with Crippen LogP contribution in [-0.2, 0) is 18.5 Å². The molecule has 0 saturated heterocycles. The number of nitrogens with one attached hydrogen (secondary N) is 1. The Bertz CT molecular complexity index is 2340. The number of methoxy groups -OCH3 is 1. The Hall–Kier alpha value is -6.61. The van der Waals surface area contributed by atoms with Crippen molar-refractivity contribution in [2.75, 3.05) is 19.5 Å². The van der Waals surface area contributed by atoms with Gasteiger partial charge in [-0.25, -0.2) is 9.37 Å². The third kappa shape index (κ3) is 5.90. The van der Waals surface area contributed by atoms with Gasteiger partial charge in [0.15, 0.2) is 5.75 Å². The lowest BCUT2D eigenvalue weighted by Gasteiger charge is -2.38. The summed E-state index contributed by atoms with van der Waals surface area (Å²) in [6.07, 6.45) is 5.35. The molecule has 8 nitrogen and oxygen atoms in total. The summed E-state index contributed by atoms with van der Waals surface area (Å²) in [4.78, 5) is 29.0. The van der Waals surface area contributed by atoms with Crippen molar-refractivity contribution in [2.24, 2.45) is 0 Å². The van der Waals surface area contributed by atoms with E-state index in [2.05, 4.69) is 87.7 Å². The lowest BCUT2D eigenvalue weighted by Crippen LogP contribution is -2.37. The van der Waals surface area contributed by atoms with E-state index >= 15 is 0 Å². The van der Waals surface area contributed by atoms with Crippen LogP contribution >= 0.6 is 0 Å². The second kappa shape index (κ2) is 13.8. The highest BCUT2D eigenvalue weighted by atomic mass is 19.1. The number of imidazole rings is 1. The molecule has 1 amide bonds. The number of hydrogen-bond acceptors (Lipinski definition) is 6. The van der Waals surface area contributed by atoms with E-state index in [0.29, 0.717) is 58.3 Å². The molecule has 1 aliphatic rings. The first-order chi connectivity index (χ1) is 25.9. The molecule has 0 aliphatic carbocycles. The molecule has 8 rings (SSSR count). The van der Waals surface area contributed by atoms with E-state index in [1.54, 1.807) is 32.0 Å². The van der Waals surface area contributed by atoms with Gasteiger partial charge >= 0.3 is 0 Å². The van der Waals surface area contributed by atoms with Gasteiger partial charge in [-0.2, -0.15) is 0 Å². The van der Waals surface area contributed by atoms with Crippen molar-refractivity contribution in [3.63, 3.8) is 0 Å². The van der Waals surface area contributed by atoms with E-state index in [0.717, 1.165) is 27.9 Å². The number of aryl methyl sites for hydroxylation is 1. The van der Waals surface area contributed by atoms with E-state index in [1.807, 2.05) is 55.0 Å². The molecule has 53 heavy (non-hydrogen) atoms. The number of para-hydroxylation sites is 1. The van der Waals surface area contributed by atoms with Crippen LogP contribution in [0.4, 0.5) is 15.8 Å². The fourth-order valence-electron chi connectivity index (χ4n) is 7.48. The normalized spacial score (nSPS) is 12.5. The third-order valence-electron chi connectivity index (χ3n) is 9.90. The van der Waals surface area contributed by atoms with Crippen molar-refractivity contribution in [1.82, 2.24) is 24.4 Å². The highest BCUT2D eigenvalue weighted by Gasteiger charge is 2.40. The summed E-state index contributed by atoms with van der Waals surface area (Å²) < 4.78 is 22.4. The zero-order chi connectivity index (χ0) is 36.5. The molecule has 0 bridgehead atoms. The molecule has 0 spiro atoms. The molecular formula is C44H37FN6O2. The number of pyridine rings is 2. The lowest BCUT2D eigenvalue weighted by molar-refractivity contribution is 0.0817. The van der Waals surface area contributed by atoms with Crippen molar-refractivity contribution < 1.29 is 13.9 Å². The SMILES string of the molecule is COc1c(Nc2cc(Cc3cc(C)c(F)cn3)nc3c2C(=O)N(C)C3)cccc1-c1cncn1C(c1ccccc1)(c1ccccc1)c1ccccc1. The summed E-state index contributed by atoms with van der Waals surface area (Å²) in [5.74, 6) is 0.107. The fraction of sp³-hybridized carbons (Fsp3) is 0.136. The van der Waals surface area contributed by atoms with Crippen LogP contribution in [0.1, 0.15) is 49.7 Å². The number of hydrogen-bond donors (Lipinski definition) is 1. The number of anilines is 2. The molecule has 0 saturated carbocycles. The molecule has 0 atom stereocenters. The number of amides is 1. The van der Waals surface area contributed by atoms with Gasteiger partial charge in [0.05, 0.1) is 60.7 Å². The van der Waals surface area contributed by atoms with Crippen molar-refractivity contribution >= 4 is 17.3 Å². The Morgan fingerprint density at radius 3 is 2.06 bits per heavy atom. The van der Waals surface area contributed by atoms with E-state index < -0.39 is 5.54 Å². The molecule has 1 N–H and O–H groups in total. The number of nitrogens with zero attached hydrogens (tertiary/aromatic N) is 5. The number of carbonyl (C=O) groups is 1. The van der Waals surface area contributed by atoms with Crippen molar-refractivity contribution in [3.8, 4) is 17.0 Å². The van der Waals surface area contributed by atoms with Crippen LogP contribution in [-0.4, -0.2) is 44.5 Å². The van der Waals surface area contributed by atoms with Crippen LogP contribution in [0.15, 0.2) is 140 Å². The maximum absolute atomic E-state index is 14.0. The maximum atomic E-state index is 14.0. The van der Waals surface area contributed by atoms with Crippen LogP contribution in [0.25, 0.3) is 11.3 Å². The van der Waals surface area contributed by atoms with Crippen LogP contribution in [0.2, 0.25) is 0 Å². The number of aromatic nitrogens is 4.